The van der Waals surface area contributed by atoms with E-state index in [-0.39, 0.29) is 12.4 Å². The number of benzene rings is 1. The van der Waals surface area contributed by atoms with E-state index in [1.807, 2.05) is 24.3 Å². The predicted octanol–water partition coefficient (Wildman–Crippen LogP) is 2.35. The van der Waals surface area contributed by atoms with Gasteiger partial charge >= 0.3 is 0 Å². The first kappa shape index (κ1) is 12.9. The Morgan fingerprint density at radius 2 is 1.85 bits per heavy atom. The van der Waals surface area contributed by atoms with Gasteiger partial charge in [0, 0.05) is 11.0 Å². The van der Waals surface area contributed by atoms with Gasteiger partial charge in [-0.25, -0.2) is 0 Å². The maximum atomic E-state index is 5.28. The molecule has 0 unspecified atom stereocenters. The Hall–Kier alpha value is -0.0900. The van der Waals surface area contributed by atoms with E-state index in [1.54, 1.807) is 0 Å². The molecule has 4 heteroatoms. The first-order valence-electron chi connectivity index (χ1n) is 3.85. The summed E-state index contributed by atoms with van der Waals surface area (Å²) in [4.78, 5) is 0. The number of nitrogens with two attached hydrogens (primary N) is 1. The van der Waals surface area contributed by atoms with E-state index in [1.165, 1.54) is 5.56 Å². The number of hydrogen-bond donors (Lipinski definition) is 1. The van der Waals surface area contributed by atoms with Crippen molar-refractivity contribution in [3.8, 4) is 0 Å². The van der Waals surface area contributed by atoms with Crippen LogP contribution >= 0.6 is 28.3 Å². The quantitative estimate of drug-likeness (QED) is 0.849. The lowest BCUT2D eigenvalue weighted by atomic mass is 10.2. The van der Waals surface area contributed by atoms with E-state index in [0.717, 1.165) is 4.47 Å². The molecule has 2 nitrogen and oxygen atoms in total. The molecular formula is C9H13BrClNO. The van der Waals surface area contributed by atoms with Crippen LogP contribution in [0.2, 0.25) is 0 Å². The topological polar surface area (TPSA) is 35.2 Å². The average molecular weight is 267 g/mol. The standard InChI is InChI=1S/C9H12BrNO.ClH/c10-9-3-1-8(2-4-9)7-12-6-5-11;/h1-4H,5-7,11H2;1H. The average Bonchev–Trinajstić information content (AvgIpc) is 2.09. The molecule has 0 fully saturated rings. The highest BCUT2D eigenvalue weighted by Gasteiger charge is 1.91. The molecule has 0 bridgehead atoms. The van der Waals surface area contributed by atoms with Gasteiger partial charge in [-0.3, -0.25) is 0 Å². The number of halogens is 2. The summed E-state index contributed by atoms with van der Waals surface area (Å²) in [5.41, 5.74) is 6.46. The van der Waals surface area contributed by atoms with Crippen LogP contribution in [-0.2, 0) is 11.3 Å². The maximum absolute atomic E-state index is 5.28. The molecule has 0 aliphatic heterocycles. The Balaban J connectivity index is 0.00000144. The number of ether oxygens (including phenoxy) is 1. The highest BCUT2D eigenvalue weighted by Crippen LogP contribution is 2.10. The zero-order chi connectivity index (χ0) is 8.81. The van der Waals surface area contributed by atoms with Crippen molar-refractivity contribution in [2.45, 2.75) is 6.61 Å². The van der Waals surface area contributed by atoms with Gasteiger partial charge in [0.25, 0.3) is 0 Å². The van der Waals surface area contributed by atoms with Crippen LogP contribution in [-0.4, -0.2) is 13.2 Å². The van der Waals surface area contributed by atoms with Crippen LogP contribution < -0.4 is 5.73 Å². The second-order valence-corrected chi connectivity index (χ2v) is 3.38. The zero-order valence-electron chi connectivity index (χ0n) is 7.20. The third kappa shape index (κ3) is 5.26. The number of rotatable bonds is 4. The first-order chi connectivity index (χ1) is 5.83. The predicted molar refractivity (Wildman–Crippen MR) is 60.1 cm³/mol. The van der Waals surface area contributed by atoms with Gasteiger partial charge in [0.1, 0.15) is 0 Å². The van der Waals surface area contributed by atoms with Crippen LogP contribution in [0.15, 0.2) is 28.7 Å². The van der Waals surface area contributed by atoms with Crippen molar-refractivity contribution in [3.05, 3.63) is 34.3 Å². The molecule has 74 valence electrons. The van der Waals surface area contributed by atoms with E-state index in [4.69, 9.17) is 10.5 Å². The lowest BCUT2D eigenvalue weighted by Crippen LogP contribution is -2.07. The molecule has 13 heavy (non-hydrogen) atoms. The molecule has 0 saturated heterocycles. The Kier molecular flexibility index (Phi) is 7.28. The summed E-state index contributed by atoms with van der Waals surface area (Å²) in [7, 11) is 0. The molecule has 0 radical (unpaired) electrons. The molecule has 0 saturated carbocycles. The van der Waals surface area contributed by atoms with Crippen LogP contribution in [0.3, 0.4) is 0 Å². The van der Waals surface area contributed by atoms with Gasteiger partial charge in [-0.05, 0) is 17.7 Å². The third-order valence-electron chi connectivity index (χ3n) is 1.44. The van der Waals surface area contributed by atoms with E-state index >= 15 is 0 Å². The molecule has 1 aromatic carbocycles. The third-order valence-corrected chi connectivity index (χ3v) is 1.97. The molecule has 0 aliphatic carbocycles. The van der Waals surface area contributed by atoms with Gasteiger partial charge in [-0.1, -0.05) is 28.1 Å². The molecule has 2 N–H and O–H groups in total. The maximum Gasteiger partial charge on any atom is 0.0717 e. The van der Waals surface area contributed by atoms with E-state index < -0.39 is 0 Å². The van der Waals surface area contributed by atoms with Gasteiger partial charge in [0.05, 0.1) is 13.2 Å². The van der Waals surface area contributed by atoms with Crippen LogP contribution in [0.1, 0.15) is 5.56 Å². The molecule has 0 aliphatic rings. The molecule has 0 aromatic heterocycles. The summed E-state index contributed by atoms with van der Waals surface area (Å²) in [6.07, 6.45) is 0. The van der Waals surface area contributed by atoms with Crippen LogP contribution in [0.25, 0.3) is 0 Å². The minimum absolute atomic E-state index is 0. The second kappa shape index (κ2) is 7.33. The monoisotopic (exact) mass is 265 g/mol. The minimum atomic E-state index is 0. The summed E-state index contributed by atoms with van der Waals surface area (Å²) in [5.74, 6) is 0. The van der Waals surface area contributed by atoms with Crippen LogP contribution in [0.4, 0.5) is 0 Å². The summed E-state index contributed by atoms with van der Waals surface area (Å²) in [6.45, 7) is 1.84. The Morgan fingerprint density at radius 1 is 1.23 bits per heavy atom. The van der Waals surface area contributed by atoms with Gasteiger partial charge in [-0.15, -0.1) is 12.4 Å². The summed E-state index contributed by atoms with van der Waals surface area (Å²) in [6, 6.07) is 8.06. The van der Waals surface area contributed by atoms with Crippen molar-refractivity contribution in [2.24, 2.45) is 5.73 Å². The molecule has 0 atom stereocenters. The fourth-order valence-corrected chi connectivity index (χ4v) is 1.12. The zero-order valence-corrected chi connectivity index (χ0v) is 9.61. The van der Waals surface area contributed by atoms with Gasteiger partial charge in [-0.2, -0.15) is 0 Å². The van der Waals surface area contributed by atoms with Gasteiger partial charge in [0.15, 0.2) is 0 Å². The first-order valence-corrected chi connectivity index (χ1v) is 4.64. The van der Waals surface area contributed by atoms with Crippen molar-refractivity contribution in [3.63, 3.8) is 0 Å². The Labute approximate surface area is 93.0 Å². The van der Waals surface area contributed by atoms with E-state index in [0.29, 0.717) is 19.8 Å². The molecule has 1 rings (SSSR count). The fourth-order valence-electron chi connectivity index (χ4n) is 0.854. The SMILES string of the molecule is Cl.NCCOCc1ccc(Br)cc1. The fraction of sp³-hybridized carbons (Fsp3) is 0.333. The van der Waals surface area contributed by atoms with E-state index in [9.17, 15) is 0 Å². The molecule has 0 heterocycles. The Bertz CT molecular complexity index is 228. The van der Waals surface area contributed by atoms with Crippen LogP contribution in [0, 0.1) is 0 Å². The highest BCUT2D eigenvalue weighted by atomic mass is 79.9. The minimum Gasteiger partial charge on any atom is -0.375 e. The normalized spacial score (nSPS) is 9.38. The summed E-state index contributed by atoms with van der Waals surface area (Å²) < 4.78 is 6.36. The number of hydrogen-bond acceptors (Lipinski definition) is 2. The van der Waals surface area contributed by atoms with E-state index in [2.05, 4.69) is 15.9 Å². The largest absolute Gasteiger partial charge is 0.375 e. The molecular weight excluding hydrogens is 253 g/mol. The van der Waals surface area contributed by atoms with Crippen molar-refractivity contribution >= 4 is 28.3 Å². The van der Waals surface area contributed by atoms with Crippen molar-refractivity contribution in [1.29, 1.82) is 0 Å². The lowest BCUT2D eigenvalue weighted by molar-refractivity contribution is 0.128. The second-order valence-electron chi connectivity index (χ2n) is 2.47. The van der Waals surface area contributed by atoms with Crippen molar-refractivity contribution in [2.75, 3.05) is 13.2 Å². The Morgan fingerprint density at radius 3 is 2.38 bits per heavy atom. The summed E-state index contributed by atoms with van der Waals surface area (Å²) >= 11 is 3.37. The molecule has 1 aromatic rings. The van der Waals surface area contributed by atoms with Crippen molar-refractivity contribution < 1.29 is 4.74 Å². The van der Waals surface area contributed by atoms with Gasteiger partial charge in [0.2, 0.25) is 0 Å². The lowest BCUT2D eigenvalue weighted by Gasteiger charge is -2.01. The molecule has 0 amide bonds. The molecule has 0 spiro atoms. The highest BCUT2D eigenvalue weighted by molar-refractivity contribution is 9.10. The smallest absolute Gasteiger partial charge is 0.0717 e. The van der Waals surface area contributed by atoms with Crippen molar-refractivity contribution in [1.82, 2.24) is 0 Å². The van der Waals surface area contributed by atoms with Gasteiger partial charge < -0.3 is 10.5 Å². The summed E-state index contributed by atoms with van der Waals surface area (Å²) in [5, 5.41) is 0. The van der Waals surface area contributed by atoms with Crippen LogP contribution in [0.5, 0.6) is 0 Å².